The molecule has 2 heterocycles. The molecule has 0 fully saturated rings. The second-order valence-corrected chi connectivity index (χ2v) is 7.81. The predicted octanol–water partition coefficient (Wildman–Crippen LogP) is 4.91. The zero-order valence-electron chi connectivity index (χ0n) is 18.5. The molecule has 1 aromatic heterocycles. The van der Waals surface area contributed by atoms with Gasteiger partial charge in [-0.1, -0.05) is 41.9 Å². The van der Waals surface area contributed by atoms with Gasteiger partial charge in [-0.3, -0.25) is 9.89 Å². The molecule has 32 heavy (non-hydrogen) atoms. The number of aromatic nitrogens is 2. The zero-order valence-corrected chi connectivity index (χ0v) is 20.0. The van der Waals surface area contributed by atoms with Crippen LogP contribution in [-0.2, 0) is 17.8 Å². The van der Waals surface area contributed by atoms with Crippen molar-refractivity contribution in [2.75, 3.05) is 25.7 Å². The molecule has 0 atom stereocenters. The smallest absolute Gasteiger partial charge is 0.247 e. The highest BCUT2D eigenvalue weighted by Gasteiger charge is 2.29. The summed E-state index contributed by atoms with van der Waals surface area (Å²) < 4.78 is 10.8. The molecule has 0 aliphatic carbocycles. The number of anilines is 1. The van der Waals surface area contributed by atoms with Crippen LogP contribution in [0.25, 0.3) is 5.57 Å². The lowest BCUT2D eigenvalue weighted by Crippen LogP contribution is -2.31. The quantitative estimate of drug-likeness (QED) is 0.438. The first kappa shape index (κ1) is 23.8. The Bertz CT molecular complexity index is 1080. The minimum atomic E-state index is -0.274. The Balaban J connectivity index is 1.96. The van der Waals surface area contributed by atoms with Crippen LogP contribution < -0.4 is 19.7 Å². The number of aromatic amines is 1. The van der Waals surface area contributed by atoms with Gasteiger partial charge in [0.2, 0.25) is 5.91 Å². The molecule has 1 aromatic carbocycles. The molecule has 9 heteroatoms. The standard InChI is InChI=1S/C23H26Cl2N4O3/c1-6-13(15(7-2)26-19(30)8-3)22-14-9-10-29(12-16(14)27-28-22)23-20(24)17(31-4)11-18(32-5)21(23)25/h6-8,11H,3,9-10,12H2,1-2,4-5H3,(H,26,30)(H,27,28)/b13-6+,15-7+. The SMILES string of the molecule is C=CC(=O)NC(=C/C)/C(=C\C)c1n[nH]c2c1CCN(c1c(Cl)c(OC)cc(OC)c1Cl)C2. The van der Waals surface area contributed by atoms with E-state index in [0.29, 0.717) is 52.4 Å². The van der Waals surface area contributed by atoms with Crippen LogP contribution >= 0.6 is 23.2 Å². The van der Waals surface area contributed by atoms with Gasteiger partial charge in [-0.05, 0) is 26.3 Å². The van der Waals surface area contributed by atoms with Crippen molar-refractivity contribution in [3.05, 3.63) is 63.6 Å². The molecule has 170 valence electrons. The van der Waals surface area contributed by atoms with Gasteiger partial charge in [0.1, 0.15) is 21.5 Å². The minimum Gasteiger partial charge on any atom is -0.495 e. The van der Waals surface area contributed by atoms with Gasteiger partial charge in [0.15, 0.2) is 0 Å². The Morgan fingerprint density at radius 3 is 2.41 bits per heavy atom. The van der Waals surface area contributed by atoms with Gasteiger partial charge in [-0.15, -0.1) is 0 Å². The van der Waals surface area contributed by atoms with Crippen LogP contribution in [0.5, 0.6) is 11.5 Å². The Morgan fingerprint density at radius 2 is 1.88 bits per heavy atom. The summed E-state index contributed by atoms with van der Waals surface area (Å²) >= 11 is 13.2. The Morgan fingerprint density at radius 1 is 1.22 bits per heavy atom. The number of hydrogen-bond acceptors (Lipinski definition) is 5. The van der Waals surface area contributed by atoms with E-state index in [2.05, 4.69) is 27.0 Å². The highest BCUT2D eigenvalue weighted by molar-refractivity contribution is 6.41. The third kappa shape index (κ3) is 4.36. The Kier molecular flexibility index (Phi) is 7.53. The summed E-state index contributed by atoms with van der Waals surface area (Å²) in [5.74, 6) is 0.709. The Hall–Kier alpha value is -2.90. The van der Waals surface area contributed by atoms with Crippen molar-refractivity contribution in [1.29, 1.82) is 0 Å². The van der Waals surface area contributed by atoms with E-state index >= 15 is 0 Å². The van der Waals surface area contributed by atoms with Crippen LogP contribution in [0.4, 0.5) is 5.69 Å². The van der Waals surface area contributed by atoms with Gasteiger partial charge < -0.3 is 19.7 Å². The van der Waals surface area contributed by atoms with Gasteiger partial charge in [0.05, 0.1) is 37.8 Å². The number of rotatable bonds is 7. The second-order valence-electron chi connectivity index (χ2n) is 7.06. The van der Waals surface area contributed by atoms with Crippen LogP contribution in [0.3, 0.4) is 0 Å². The van der Waals surface area contributed by atoms with Crippen LogP contribution in [-0.4, -0.2) is 36.9 Å². The van der Waals surface area contributed by atoms with Crippen molar-refractivity contribution in [3.63, 3.8) is 0 Å². The van der Waals surface area contributed by atoms with Crippen molar-refractivity contribution in [3.8, 4) is 11.5 Å². The predicted molar refractivity (Wildman–Crippen MR) is 129 cm³/mol. The molecule has 0 unspecified atom stereocenters. The number of halogens is 2. The normalized spacial score (nSPS) is 14.1. The van der Waals surface area contributed by atoms with E-state index < -0.39 is 0 Å². The van der Waals surface area contributed by atoms with Gasteiger partial charge in [0.25, 0.3) is 0 Å². The fourth-order valence-electron chi connectivity index (χ4n) is 3.78. The number of carbonyl (C=O) groups excluding carboxylic acids is 1. The van der Waals surface area contributed by atoms with Crippen LogP contribution in [0, 0.1) is 0 Å². The average molecular weight is 477 g/mol. The summed E-state index contributed by atoms with van der Waals surface area (Å²) in [6.07, 6.45) is 5.72. The van der Waals surface area contributed by atoms with Crippen molar-refractivity contribution < 1.29 is 14.3 Å². The molecule has 1 amide bonds. The average Bonchev–Trinajstić information content (AvgIpc) is 3.22. The number of carbonyl (C=O) groups is 1. The fraction of sp³-hybridized carbons (Fsp3) is 0.304. The van der Waals surface area contributed by atoms with Crippen molar-refractivity contribution in [2.45, 2.75) is 26.8 Å². The van der Waals surface area contributed by atoms with E-state index in [0.717, 1.165) is 22.5 Å². The maximum absolute atomic E-state index is 11.9. The molecule has 2 N–H and O–H groups in total. The van der Waals surface area contributed by atoms with Crippen molar-refractivity contribution in [1.82, 2.24) is 15.5 Å². The molecule has 7 nitrogen and oxygen atoms in total. The molecular weight excluding hydrogens is 451 g/mol. The molecule has 0 saturated heterocycles. The molecule has 3 rings (SSSR count). The fourth-order valence-corrected chi connectivity index (χ4v) is 4.52. The third-order valence-electron chi connectivity index (χ3n) is 5.37. The molecule has 1 aliphatic rings. The van der Waals surface area contributed by atoms with Crippen molar-refractivity contribution in [2.24, 2.45) is 0 Å². The molecule has 2 aromatic rings. The van der Waals surface area contributed by atoms with E-state index in [1.54, 1.807) is 20.3 Å². The molecule has 0 saturated carbocycles. The first-order valence-electron chi connectivity index (χ1n) is 10.1. The van der Waals surface area contributed by atoms with E-state index in [-0.39, 0.29) is 5.91 Å². The topological polar surface area (TPSA) is 79.5 Å². The summed E-state index contributed by atoms with van der Waals surface area (Å²) in [4.78, 5) is 13.9. The van der Waals surface area contributed by atoms with Gasteiger partial charge in [-0.25, -0.2) is 0 Å². The maximum atomic E-state index is 11.9. The number of H-pyrrole nitrogens is 1. The number of nitrogens with one attached hydrogen (secondary N) is 2. The number of allylic oxidation sites excluding steroid dienone is 3. The Labute approximate surface area is 197 Å². The first-order valence-corrected chi connectivity index (χ1v) is 10.8. The van der Waals surface area contributed by atoms with Crippen LogP contribution in [0.15, 0.2) is 36.6 Å². The lowest BCUT2D eigenvalue weighted by molar-refractivity contribution is -0.115. The minimum absolute atomic E-state index is 0.274. The van der Waals surface area contributed by atoms with Gasteiger partial charge >= 0.3 is 0 Å². The summed E-state index contributed by atoms with van der Waals surface area (Å²) in [6, 6.07) is 1.67. The number of methoxy groups -OCH3 is 2. The van der Waals surface area contributed by atoms with Crippen LogP contribution in [0.1, 0.15) is 30.8 Å². The molecule has 0 spiro atoms. The van der Waals surface area contributed by atoms with Gasteiger partial charge in [-0.2, -0.15) is 5.10 Å². The highest BCUT2D eigenvalue weighted by Crippen LogP contribution is 2.47. The van der Waals surface area contributed by atoms with Crippen LogP contribution in [0.2, 0.25) is 10.0 Å². The molecule has 0 bridgehead atoms. The number of amides is 1. The summed E-state index contributed by atoms with van der Waals surface area (Å²) in [6.45, 7) is 8.48. The highest BCUT2D eigenvalue weighted by atomic mass is 35.5. The number of ether oxygens (including phenoxy) is 2. The van der Waals surface area contributed by atoms with E-state index in [9.17, 15) is 4.79 Å². The summed E-state index contributed by atoms with van der Waals surface area (Å²) in [7, 11) is 3.10. The largest absolute Gasteiger partial charge is 0.495 e. The number of nitrogens with zero attached hydrogens (tertiary/aromatic N) is 2. The number of hydrogen-bond donors (Lipinski definition) is 2. The molecule has 0 radical (unpaired) electrons. The lowest BCUT2D eigenvalue weighted by Gasteiger charge is -2.31. The summed E-state index contributed by atoms with van der Waals surface area (Å²) in [5.41, 5.74) is 5.02. The van der Waals surface area contributed by atoms with E-state index in [1.807, 2.05) is 26.0 Å². The van der Waals surface area contributed by atoms with E-state index in [1.165, 1.54) is 6.08 Å². The molecular formula is C23H26Cl2N4O3. The second kappa shape index (κ2) is 10.1. The third-order valence-corrected chi connectivity index (χ3v) is 6.10. The number of benzene rings is 1. The monoisotopic (exact) mass is 476 g/mol. The lowest BCUT2D eigenvalue weighted by atomic mass is 9.97. The maximum Gasteiger partial charge on any atom is 0.247 e. The number of fused-ring (bicyclic) bond motifs is 1. The van der Waals surface area contributed by atoms with E-state index in [4.69, 9.17) is 32.7 Å². The summed E-state index contributed by atoms with van der Waals surface area (Å²) in [5, 5.41) is 11.4. The zero-order chi connectivity index (χ0) is 23.4. The molecule has 1 aliphatic heterocycles. The first-order chi connectivity index (χ1) is 15.4. The van der Waals surface area contributed by atoms with Gasteiger partial charge in [0, 0.05) is 29.4 Å². The van der Waals surface area contributed by atoms with Crippen molar-refractivity contribution >= 4 is 40.4 Å².